The second kappa shape index (κ2) is 5.56. The van der Waals surface area contributed by atoms with Gasteiger partial charge in [0, 0.05) is 15.5 Å². The monoisotopic (exact) mass is 340 g/mol. The number of aryl methyl sites for hydroxylation is 1. The fourth-order valence-electron chi connectivity index (χ4n) is 1.21. The lowest BCUT2D eigenvalue weighted by atomic mass is 10.2. The molecule has 0 bridgehead atoms. The first-order chi connectivity index (χ1) is 7.71. The van der Waals surface area contributed by atoms with Crippen molar-refractivity contribution in [2.24, 2.45) is 0 Å². The predicted molar refractivity (Wildman–Crippen MR) is 74.7 cm³/mol. The van der Waals surface area contributed by atoms with Crippen LogP contribution in [0.5, 0.6) is 0 Å². The first-order valence-electron chi connectivity index (χ1n) is 4.97. The third-order valence-corrected chi connectivity index (χ3v) is 4.22. The first-order valence-corrected chi connectivity index (χ1v) is 7.62. The van der Waals surface area contributed by atoms with Gasteiger partial charge in [-0.05, 0) is 54.4 Å². The molecular weight excluding hydrogens is 328 g/mol. The topological polar surface area (TPSA) is 58.2 Å². The minimum absolute atomic E-state index is 0.174. The van der Waals surface area contributed by atoms with Gasteiger partial charge >= 0.3 is 0 Å². The van der Waals surface area contributed by atoms with Gasteiger partial charge in [0.1, 0.15) is 0 Å². The molecular formula is C10H14BrClN2O2S. The van der Waals surface area contributed by atoms with Crippen molar-refractivity contribution in [3.05, 3.63) is 27.2 Å². The van der Waals surface area contributed by atoms with E-state index in [0.717, 1.165) is 5.56 Å². The van der Waals surface area contributed by atoms with Crippen molar-refractivity contribution in [2.45, 2.75) is 26.8 Å². The molecule has 0 saturated carbocycles. The van der Waals surface area contributed by atoms with Crippen LogP contribution in [0.4, 0.5) is 5.69 Å². The Morgan fingerprint density at radius 1 is 1.35 bits per heavy atom. The zero-order valence-corrected chi connectivity index (χ0v) is 12.9. The zero-order chi connectivity index (χ0) is 13.2. The molecule has 96 valence electrons. The van der Waals surface area contributed by atoms with Crippen LogP contribution in [-0.4, -0.2) is 14.5 Å². The highest BCUT2D eigenvalue weighted by atomic mass is 79.9. The Bertz CT molecular complexity index is 517. The van der Waals surface area contributed by atoms with E-state index in [9.17, 15) is 8.42 Å². The summed E-state index contributed by atoms with van der Waals surface area (Å²) in [6.45, 7) is 5.34. The Hall–Kier alpha value is -0.300. The lowest BCUT2D eigenvalue weighted by molar-refractivity contribution is 0.575. The molecule has 0 amide bonds. The molecule has 0 heterocycles. The van der Waals surface area contributed by atoms with Crippen molar-refractivity contribution >= 4 is 43.4 Å². The van der Waals surface area contributed by atoms with Gasteiger partial charge in [-0.3, -0.25) is 4.72 Å². The van der Waals surface area contributed by atoms with Gasteiger partial charge in [0.2, 0.25) is 0 Å². The van der Waals surface area contributed by atoms with Crippen LogP contribution < -0.4 is 9.44 Å². The molecule has 4 nitrogen and oxygen atoms in total. The molecule has 0 spiro atoms. The summed E-state index contributed by atoms with van der Waals surface area (Å²) in [5.41, 5.74) is 1.28. The van der Waals surface area contributed by atoms with E-state index in [0.29, 0.717) is 15.2 Å². The van der Waals surface area contributed by atoms with Gasteiger partial charge in [0.25, 0.3) is 10.2 Å². The molecule has 1 aromatic carbocycles. The molecule has 0 aliphatic heterocycles. The molecule has 0 saturated heterocycles. The third-order valence-electron chi connectivity index (χ3n) is 1.88. The summed E-state index contributed by atoms with van der Waals surface area (Å²) >= 11 is 9.23. The molecule has 0 aliphatic carbocycles. The summed E-state index contributed by atoms with van der Waals surface area (Å²) in [5, 5.41) is 0.510. The van der Waals surface area contributed by atoms with Gasteiger partial charge in [-0.2, -0.15) is 13.1 Å². The quantitative estimate of drug-likeness (QED) is 0.884. The fraction of sp³-hybridized carbons (Fsp3) is 0.400. The third kappa shape index (κ3) is 4.46. The highest BCUT2D eigenvalue weighted by Crippen LogP contribution is 2.29. The van der Waals surface area contributed by atoms with E-state index in [4.69, 9.17) is 11.6 Å². The Balaban J connectivity index is 3.00. The Morgan fingerprint density at radius 2 is 1.94 bits per heavy atom. The summed E-state index contributed by atoms with van der Waals surface area (Å²) in [7, 11) is -3.57. The van der Waals surface area contributed by atoms with Gasteiger partial charge in [0.15, 0.2) is 0 Å². The molecule has 0 unspecified atom stereocenters. The van der Waals surface area contributed by atoms with Crippen molar-refractivity contribution in [3.8, 4) is 0 Å². The van der Waals surface area contributed by atoms with Crippen molar-refractivity contribution in [3.63, 3.8) is 0 Å². The van der Waals surface area contributed by atoms with Crippen molar-refractivity contribution < 1.29 is 8.42 Å². The molecule has 0 radical (unpaired) electrons. The predicted octanol–water partition coefficient (Wildman–Crippen LogP) is 3.07. The van der Waals surface area contributed by atoms with Crippen LogP contribution in [0.3, 0.4) is 0 Å². The van der Waals surface area contributed by atoms with E-state index in [1.54, 1.807) is 26.0 Å². The van der Waals surface area contributed by atoms with Gasteiger partial charge in [-0.25, -0.2) is 0 Å². The van der Waals surface area contributed by atoms with Gasteiger partial charge < -0.3 is 0 Å². The number of hydrogen-bond acceptors (Lipinski definition) is 2. The second-order valence-electron chi connectivity index (χ2n) is 3.96. The van der Waals surface area contributed by atoms with Crippen LogP contribution in [0, 0.1) is 6.92 Å². The van der Waals surface area contributed by atoms with E-state index >= 15 is 0 Å². The number of hydrogen-bond donors (Lipinski definition) is 2. The standard InChI is InChI=1S/C10H14BrClN2O2S/c1-6(2)13-17(15,16)14-10-5-9(12)7(3)4-8(10)11/h4-6,13-14H,1-3H3. The maximum Gasteiger partial charge on any atom is 0.299 e. The van der Waals surface area contributed by atoms with E-state index in [-0.39, 0.29) is 6.04 Å². The van der Waals surface area contributed by atoms with E-state index in [2.05, 4.69) is 25.4 Å². The fourth-order valence-corrected chi connectivity index (χ4v) is 3.20. The molecule has 0 aromatic heterocycles. The highest BCUT2D eigenvalue weighted by molar-refractivity contribution is 9.10. The van der Waals surface area contributed by atoms with Gasteiger partial charge in [-0.1, -0.05) is 11.6 Å². The Morgan fingerprint density at radius 3 is 2.47 bits per heavy atom. The van der Waals surface area contributed by atoms with Crippen LogP contribution in [0.1, 0.15) is 19.4 Å². The van der Waals surface area contributed by atoms with Crippen LogP contribution in [-0.2, 0) is 10.2 Å². The number of anilines is 1. The summed E-state index contributed by atoms with van der Waals surface area (Å²) in [5.74, 6) is 0. The lowest BCUT2D eigenvalue weighted by Gasteiger charge is -2.13. The largest absolute Gasteiger partial charge is 0.299 e. The number of halogens is 2. The molecule has 0 fully saturated rings. The van der Waals surface area contributed by atoms with E-state index < -0.39 is 10.2 Å². The van der Waals surface area contributed by atoms with E-state index in [1.807, 2.05) is 6.92 Å². The minimum atomic E-state index is -3.57. The smallest absolute Gasteiger partial charge is 0.270 e. The summed E-state index contributed by atoms with van der Waals surface area (Å²) in [6.07, 6.45) is 0. The summed E-state index contributed by atoms with van der Waals surface area (Å²) < 4.78 is 28.8. The molecule has 17 heavy (non-hydrogen) atoms. The maximum absolute atomic E-state index is 11.7. The molecule has 1 aromatic rings. The van der Waals surface area contributed by atoms with Gasteiger partial charge in [0.05, 0.1) is 5.69 Å². The van der Waals surface area contributed by atoms with Crippen molar-refractivity contribution in [1.29, 1.82) is 0 Å². The zero-order valence-electron chi connectivity index (χ0n) is 9.71. The number of nitrogens with one attached hydrogen (secondary N) is 2. The van der Waals surface area contributed by atoms with Crippen molar-refractivity contribution in [2.75, 3.05) is 4.72 Å². The van der Waals surface area contributed by atoms with Gasteiger partial charge in [-0.15, -0.1) is 0 Å². The van der Waals surface area contributed by atoms with Crippen molar-refractivity contribution in [1.82, 2.24) is 4.72 Å². The highest BCUT2D eigenvalue weighted by Gasteiger charge is 2.14. The average Bonchev–Trinajstić information content (AvgIpc) is 2.11. The van der Waals surface area contributed by atoms with Crippen LogP contribution in [0.15, 0.2) is 16.6 Å². The average molecular weight is 342 g/mol. The van der Waals surface area contributed by atoms with Crippen LogP contribution in [0.2, 0.25) is 5.02 Å². The number of benzene rings is 1. The SMILES string of the molecule is Cc1cc(Br)c(NS(=O)(=O)NC(C)C)cc1Cl. The van der Waals surface area contributed by atoms with Crippen LogP contribution in [0.25, 0.3) is 0 Å². The minimum Gasteiger partial charge on any atom is -0.270 e. The molecule has 0 aliphatic rings. The molecule has 2 N–H and O–H groups in total. The Labute approximate surface area is 115 Å². The second-order valence-corrected chi connectivity index (χ2v) is 6.67. The molecule has 7 heteroatoms. The Kier molecular flexibility index (Phi) is 4.83. The van der Waals surface area contributed by atoms with E-state index in [1.165, 1.54) is 0 Å². The summed E-state index contributed by atoms with van der Waals surface area (Å²) in [6, 6.07) is 3.16. The molecule has 1 rings (SSSR count). The first kappa shape index (κ1) is 14.8. The molecule has 0 atom stereocenters. The summed E-state index contributed by atoms with van der Waals surface area (Å²) in [4.78, 5) is 0. The lowest BCUT2D eigenvalue weighted by Crippen LogP contribution is -2.35. The van der Waals surface area contributed by atoms with Crippen LogP contribution >= 0.6 is 27.5 Å². The maximum atomic E-state index is 11.7. The number of rotatable bonds is 4. The normalized spacial score (nSPS) is 11.9.